The minimum Gasteiger partial charge on any atom is -0.497 e. The Hall–Kier alpha value is -3.05. The molecule has 2 heterocycles. The fourth-order valence-electron chi connectivity index (χ4n) is 3.37. The lowest BCUT2D eigenvalue weighted by molar-refractivity contribution is 0.173. The van der Waals surface area contributed by atoms with Gasteiger partial charge in [-0.2, -0.15) is 0 Å². The lowest BCUT2D eigenvalue weighted by Crippen LogP contribution is -2.16. The standard InChI is InChI=1S/C22H22N2O3/c1-15(25)12-24-14-23-21(16-6-4-3-5-7-16)22(24)18-10-17-11-19(26-2)8-9-20(17)27-13-18/h3-11,14-15,25H,12-13H2,1-2H3/t15-/m1/s1. The molecule has 0 bridgehead atoms. The highest BCUT2D eigenvalue weighted by atomic mass is 16.5. The van der Waals surface area contributed by atoms with Crippen molar-refractivity contribution in [2.75, 3.05) is 13.7 Å². The molecular formula is C22H22N2O3. The van der Waals surface area contributed by atoms with Crippen LogP contribution in [0.25, 0.3) is 22.9 Å². The maximum absolute atomic E-state index is 9.92. The number of hydrogen-bond acceptors (Lipinski definition) is 4. The monoisotopic (exact) mass is 362 g/mol. The van der Waals surface area contributed by atoms with E-state index in [0.717, 1.165) is 39.6 Å². The van der Waals surface area contributed by atoms with Crippen molar-refractivity contribution in [3.63, 3.8) is 0 Å². The Bertz CT molecular complexity index is 974. The molecule has 0 unspecified atom stereocenters. The molecule has 0 saturated heterocycles. The van der Waals surface area contributed by atoms with Gasteiger partial charge in [-0.05, 0) is 31.2 Å². The second-order valence-corrected chi connectivity index (χ2v) is 6.67. The van der Waals surface area contributed by atoms with E-state index in [0.29, 0.717) is 13.2 Å². The fourth-order valence-corrected chi connectivity index (χ4v) is 3.37. The molecule has 1 aliphatic heterocycles. The number of nitrogens with zero attached hydrogens (tertiary/aromatic N) is 2. The lowest BCUT2D eigenvalue weighted by atomic mass is 10.0. The zero-order chi connectivity index (χ0) is 18.8. The summed E-state index contributed by atoms with van der Waals surface area (Å²) >= 11 is 0. The van der Waals surface area contributed by atoms with Gasteiger partial charge in [-0.15, -0.1) is 0 Å². The summed E-state index contributed by atoms with van der Waals surface area (Å²) in [5.41, 5.74) is 4.88. The van der Waals surface area contributed by atoms with E-state index in [1.807, 2.05) is 53.1 Å². The van der Waals surface area contributed by atoms with Crippen LogP contribution in [0.2, 0.25) is 0 Å². The number of imidazole rings is 1. The van der Waals surface area contributed by atoms with E-state index in [-0.39, 0.29) is 0 Å². The van der Waals surface area contributed by atoms with Crippen molar-refractivity contribution in [3.8, 4) is 22.8 Å². The number of ether oxygens (including phenoxy) is 2. The van der Waals surface area contributed by atoms with Gasteiger partial charge in [0.2, 0.25) is 0 Å². The Kier molecular flexibility index (Phi) is 4.69. The van der Waals surface area contributed by atoms with Gasteiger partial charge in [0, 0.05) is 23.2 Å². The second kappa shape index (κ2) is 7.29. The number of methoxy groups -OCH3 is 1. The molecule has 0 aliphatic carbocycles. The van der Waals surface area contributed by atoms with E-state index in [1.165, 1.54) is 0 Å². The molecule has 27 heavy (non-hydrogen) atoms. The molecule has 1 N–H and O–H groups in total. The minimum absolute atomic E-state index is 0.449. The molecule has 2 aromatic carbocycles. The van der Waals surface area contributed by atoms with Gasteiger partial charge < -0.3 is 19.1 Å². The van der Waals surface area contributed by atoms with Gasteiger partial charge in [0.15, 0.2) is 0 Å². The van der Waals surface area contributed by atoms with Gasteiger partial charge in [0.1, 0.15) is 18.1 Å². The van der Waals surface area contributed by atoms with Gasteiger partial charge in [-0.25, -0.2) is 4.98 Å². The van der Waals surface area contributed by atoms with E-state index in [4.69, 9.17) is 9.47 Å². The van der Waals surface area contributed by atoms with Gasteiger partial charge in [-0.1, -0.05) is 30.3 Å². The van der Waals surface area contributed by atoms with E-state index in [2.05, 4.69) is 11.1 Å². The molecule has 0 saturated carbocycles. The van der Waals surface area contributed by atoms with Crippen molar-refractivity contribution < 1.29 is 14.6 Å². The molecule has 1 aromatic heterocycles. The smallest absolute Gasteiger partial charge is 0.127 e. The fraction of sp³-hybridized carbons (Fsp3) is 0.227. The molecule has 1 aliphatic rings. The van der Waals surface area contributed by atoms with E-state index in [1.54, 1.807) is 20.4 Å². The van der Waals surface area contributed by atoms with Gasteiger partial charge >= 0.3 is 0 Å². The van der Waals surface area contributed by atoms with Crippen LogP contribution in [-0.2, 0) is 6.54 Å². The molecule has 0 amide bonds. The van der Waals surface area contributed by atoms with Crippen molar-refractivity contribution in [1.82, 2.24) is 9.55 Å². The number of aliphatic hydroxyl groups is 1. The summed E-state index contributed by atoms with van der Waals surface area (Å²) in [6, 6.07) is 15.8. The average Bonchev–Trinajstić information content (AvgIpc) is 3.10. The maximum Gasteiger partial charge on any atom is 0.127 e. The Labute approximate surface area is 158 Å². The number of aliphatic hydroxyl groups excluding tert-OH is 1. The Morgan fingerprint density at radius 3 is 2.78 bits per heavy atom. The Morgan fingerprint density at radius 1 is 1.22 bits per heavy atom. The summed E-state index contributed by atoms with van der Waals surface area (Å²) in [7, 11) is 1.65. The van der Waals surface area contributed by atoms with Crippen molar-refractivity contribution >= 4 is 11.6 Å². The minimum atomic E-state index is -0.473. The first-order chi connectivity index (χ1) is 13.2. The van der Waals surface area contributed by atoms with Crippen LogP contribution < -0.4 is 9.47 Å². The predicted octanol–water partition coefficient (Wildman–Crippen LogP) is 3.87. The third-order valence-corrected chi connectivity index (χ3v) is 4.58. The van der Waals surface area contributed by atoms with E-state index < -0.39 is 6.10 Å². The summed E-state index contributed by atoms with van der Waals surface area (Å²) in [6.07, 6.45) is 3.43. The van der Waals surface area contributed by atoms with E-state index >= 15 is 0 Å². The molecule has 3 aromatic rings. The van der Waals surface area contributed by atoms with Crippen LogP contribution in [0.4, 0.5) is 0 Å². The van der Waals surface area contributed by atoms with Crippen molar-refractivity contribution in [2.24, 2.45) is 0 Å². The first kappa shape index (κ1) is 17.4. The van der Waals surface area contributed by atoms with Crippen LogP contribution in [0.5, 0.6) is 11.5 Å². The number of aromatic nitrogens is 2. The summed E-state index contributed by atoms with van der Waals surface area (Å²) < 4.78 is 13.3. The Morgan fingerprint density at radius 2 is 2.04 bits per heavy atom. The SMILES string of the molecule is COc1ccc2c(c1)C=C(c1c(-c3ccccc3)ncn1C[C@@H](C)O)CO2. The average molecular weight is 362 g/mol. The quantitative estimate of drug-likeness (QED) is 0.748. The molecule has 138 valence electrons. The van der Waals surface area contributed by atoms with E-state index in [9.17, 15) is 5.11 Å². The number of rotatable bonds is 5. The molecule has 0 radical (unpaired) electrons. The molecule has 0 spiro atoms. The third-order valence-electron chi connectivity index (χ3n) is 4.58. The third kappa shape index (κ3) is 3.46. The predicted molar refractivity (Wildman–Crippen MR) is 106 cm³/mol. The van der Waals surface area contributed by atoms with Crippen LogP contribution in [0.1, 0.15) is 18.2 Å². The van der Waals surface area contributed by atoms with Crippen LogP contribution in [0.3, 0.4) is 0 Å². The highest BCUT2D eigenvalue weighted by Crippen LogP contribution is 2.36. The van der Waals surface area contributed by atoms with Crippen LogP contribution in [0.15, 0.2) is 54.9 Å². The van der Waals surface area contributed by atoms with Crippen molar-refractivity contribution in [1.29, 1.82) is 0 Å². The number of benzene rings is 2. The summed E-state index contributed by atoms with van der Waals surface area (Å²) in [4.78, 5) is 4.64. The highest BCUT2D eigenvalue weighted by molar-refractivity contribution is 5.89. The molecule has 4 rings (SSSR count). The van der Waals surface area contributed by atoms with Gasteiger partial charge in [0.05, 0.1) is 30.9 Å². The summed E-state index contributed by atoms with van der Waals surface area (Å²) in [5.74, 6) is 1.62. The zero-order valence-electron chi connectivity index (χ0n) is 15.4. The Balaban J connectivity index is 1.84. The normalized spacial score (nSPS) is 14.1. The highest BCUT2D eigenvalue weighted by Gasteiger charge is 2.22. The van der Waals surface area contributed by atoms with Crippen LogP contribution in [0, 0.1) is 0 Å². The summed E-state index contributed by atoms with van der Waals surface area (Å²) in [5, 5.41) is 9.92. The summed E-state index contributed by atoms with van der Waals surface area (Å²) in [6.45, 7) is 2.69. The molecule has 5 heteroatoms. The van der Waals surface area contributed by atoms with Gasteiger partial charge in [0.25, 0.3) is 0 Å². The van der Waals surface area contributed by atoms with Gasteiger partial charge in [-0.3, -0.25) is 0 Å². The number of fused-ring (bicyclic) bond motifs is 1. The molecule has 1 atom stereocenters. The van der Waals surface area contributed by atoms with Crippen LogP contribution >= 0.6 is 0 Å². The van der Waals surface area contributed by atoms with Crippen molar-refractivity contribution in [3.05, 3.63) is 66.1 Å². The van der Waals surface area contributed by atoms with Crippen LogP contribution in [-0.4, -0.2) is 34.5 Å². The first-order valence-corrected chi connectivity index (χ1v) is 8.96. The molecule has 5 nitrogen and oxygen atoms in total. The topological polar surface area (TPSA) is 56.5 Å². The maximum atomic E-state index is 9.92. The number of hydrogen-bond donors (Lipinski definition) is 1. The van der Waals surface area contributed by atoms with Crippen molar-refractivity contribution in [2.45, 2.75) is 19.6 Å². The zero-order valence-corrected chi connectivity index (χ0v) is 15.4. The molecule has 0 fully saturated rings. The lowest BCUT2D eigenvalue weighted by Gasteiger charge is -2.21. The first-order valence-electron chi connectivity index (χ1n) is 8.96. The largest absolute Gasteiger partial charge is 0.497 e. The second-order valence-electron chi connectivity index (χ2n) is 6.67. The molecular weight excluding hydrogens is 340 g/mol.